The third-order valence-corrected chi connectivity index (χ3v) is 1.76. The molecule has 0 radical (unpaired) electrons. The van der Waals surface area contributed by atoms with Crippen molar-refractivity contribution in [2.45, 2.75) is 6.54 Å². The summed E-state index contributed by atoms with van der Waals surface area (Å²) in [7, 11) is 1.58. The summed E-state index contributed by atoms with van der Waals surface area (Å²) >= 11 is 0. The fraction of sp³-hybridized carbons (Fsp3) is 0.222. The average molecular weight is 190 g/mol. The Morgan fingerprint density at radius 3 is 2.64 bits per heavy atom. The number of rotatable bonds is 3. The molecule has 5 heteroatoms. The van der Waals surface area contributed by atoms with E-state index in [4.69, 9.17) is 5.53 Å². The second kappa shape index (κ2) is 4.89. The van der Waals surface area contributed by atoms with E-state index >= 15 is 0 Å². The van der Waals surface area contributed by atoms with Crippen LogP contribution in [-0.2, 0) is 6.54 Å². The van der Waals surface area contributed by atoms with Crippen LogP contribution in [0, 0.1) is 0 Å². The standard InChI is InChI=1S/C9H10N4O/c1-11-9(14)8-4-2-7(3-5-8)6-12-13-10/h2-5H,6H2,1H3,(H,11,14). The van der Waals surface area contributed by atoms with Crippen LogP contribution in [0.3, 0.4) is 0 Å². The van der Waals surface area contributed by atoms with Crippen LogP contribution in [0.5, 0.6) is 0 Å². The van der Waals surface area contributed by atoms with Crippen molar-refractivity contribution in [3.63, 3.8) is 0 Å². The lowest BCUT2D eigenvalue weighted by atomic mass is 10.1. The second-order valence-electron chi connectivity index (χ2n) is 2.67. The topological polar surface area (TPSA) is 77.9 Å². The highest BCUT2D eigenvalue weighted by Gasteiger charge is 2.01. The van der Waals surface area contributed by atoms with E-state index in [-0.39, 0.29) is 5.91 Å². The lowest BCUT2D eigenvalue weighted by Crippen LogP contribution is -2.17. The summed E-state index contributed by atoms with van der Waals surface area (Å²) in [5, 5.41) is 5.94. The van der Waals surface area contributed by atoms with Gasteiger partial charge >= 0.3 is 0 Å². The Kier molecular flexibility index (Phi) is 3.52. The van der Waals surface area contributed by atoms with Gasteiger partial charge in [0.2, 0.25) is 0 Å². The van der Waals surface area contributed by atoms with Crippen LogP contribution in [-0.4, -0.2) is 13.0 Å². The fourth-order valence-corrected chi connectivity index (χ4v) is 1.02. The molecule has 0 fully saturated rings. The SMILES string of the molecule is CNC(=O)c1ccc(CN=[N+]=[N-])cc1. The van der Waals surface area contributed by atoms with E-state index in [1.54, 1.807) is 31.3 Å². The van der Waals surface area contributed by atoms with Crippen LogP contribution in [0.1, 0.15) is 15.9 Å². The predicted molar refractivity (Wildman–Crippen MR) is 52.7 cm³/mol. The van der Waals surface area contributed by atoms with Crippen LogP contribution < -0.4 is 5.32 Å². The van der Waals surface area contributed by atoms with Crippen LogP contribution in [0.2, 0.25) is 0 Å². The van der Waals surface area contributed by atoms with Gasteiger partial charge in [0, 0.05) is 17.5 Å². The Hall–Kier alpha value is -2.00. The molecule has 14 heavy (non-hydrogen) atoms. The van der Waals surface area contributed by atoms with E-state index in [0.29, 0.717) is 12.1 Å². The first kappa shape index (κ1) is 10.1. The van der Waals surface area contributed by atoms with Crippen molar-refractivity contribution in [1.29, 1.82) is 0 Å². The molecule has 0 aliphatic heterocycles. The van der Waals surface area contributed by atoms with Gasteiger partial charge in [0.1, 0.15) is 0 Å². The largest absolute Gasteiger partial charge is 0.355 e. The Labute approximate surface area is 81.4 Å². The Bertz CT molecular complexity index is 365. The number of hydrogen-bond acceptors (Lipinski definition) is 2. The van der Waals surface area contributed by atoms with E-state index < -0.39 is 0 Å². The summed E-state index contributed by atoms with van der Waals surface area (Å²) in [5.41, 5.74) is 9.58. The minimum Gasteiger partial charge on any atom is -0.355 e. The molecule has 0 saturated carbocycles. The minimum absolute atomic E-state index is 0.125. The molecule has 72 valence electrons. The molecule has 5 nitrogen and oxygen atoms in total. The highest BCUT2D eigenvalue weighted by molar-refractivity contribution is 5.93. The maximum Gasteiger partial charge on any atom is 0.251 e. The van der Waals surface area contributed by atoms with Gasteiger partial charge in [-0.25, -0.2) is 0 Å². The summed E-state index contributed by atoms with van der Waals surface area (Å²) in [5.74, 6) is -0.125. The number of hydrogen-bond donors (Lipinski definition) is 1. The van der Waals surface area contributed by atoms with E-state index in [2.05, 4.69) is 15.3 Å². The molecule has 0 aliphatic rings. The van der Waals surface area contributed by atoms with Gasteiger partial charge in [-0.05, 0) is 23.2 Å². The predicted octanol–water partition coefficient (Wildman–Crippen LogP) is 1.86. The number of azide groups is 1. The van der Waals surface area contributed by atoms with Crippen molar-refractivity contribution in [2.75, 3.05) is 7.05 Å². The van der Waals surface area contributed by atoms with Gasteiger partial charge in [-0.2, -0.15) is 0 Å². The normalized spacial score (nSPS) is 8.93. The number of carbonyl (C=O) groups excluding carboxylic acids is 1. The van der Waals surface area contributed by atoms with Gasteiger partial charge in [-0.1, -0.05) is 17.2 Å². The molecule has 1 N–H and O–H groups in total. The second-order valence-corrected chi connectivity index (χ2v) is 2.67. The van der Waals surface area contributed by atoms with Crippen LogP contribution >= 0.6 is 0 Å². The summed E-state index contributed by atoms with van der Waals surface area (Å²) in [6.07, 6.45) is 0. The molecule has 0 aromatic heterocycles. The van der Waals surface area contributed by atoms with Crippen molar-refractivity contribution in [2.24, 2.45) is 5.11 Å². The molecular weight excluding hydrogens is 180 g/mol. The van der Waals surface area contributed by atoms with Gasteiger partial charge in [0.05, 0.1) is 6.54 Å². The molecular formula is C9H10N4O. The monoisotopic (exact) mass is 190 g/mol. The number of carbonyl (C=O) groups is 1. The van der Waals surface area contributed by atoms with Crippen molar-refractivity contribution < 1.29 is 4.79 Å². The van der Waals surface area contributed by atoms with Gasteiger partial charge in [0.25, 0.3) is 5.91 Å². The van der Waals surface area contributed by atoms with Gasteiger partial charge in [-0.3, -0.25) is 4.79 Å². The third-order valence-electron chi connectivity index (χ3n) is 1.76. The number of nitrogens with zero attached hydrogens (tertiary/aromatic N) is 3. The lowest BCUT2D eigenvalue weighted by Gasteiger charge is -2.00. The maximum atomic E-state index is 11.1. The molecule has 0 aliphatic carbocycles. The van der Waals surface area contributed by atoms with Crippen LogP contribution in [0.15, 0.2) is 29.4 Å². The molecule has 0 saturated heterocycles. The molecule has 0 spiro atoms. The summed E-state index contributed by atoms with van der Waals surface area (Å²) < 4.78 is 0. The van der Waals surface area contributed by atoms with Crippen molar-refractivity contribution >= 4 is 5.91 Å². The van der Waals surface area contributed by atoms with Crippen molar-refractivity contribution in [3.8, 4) is 0 Å². The molecule has 0 heterocycles. The zero-order chi connectivity index (χ0) is 10.4. The zero-order valence-corrected chi connectivity index (χ0v) is 7.77. The molecule has 1 rings (SSSR count). The van der Waals surface area contributed by atoms with E-state index in [0.717, 1.165) is 5.56 Å². The summed E-state index contributed by atoms with van der Waals surface area (Å²) in [6.45, 7) is 0.310. The third kappa shape index (κ3) is 2.50. The van der Waals surface area contributed by atoms with E-state index in [1.807, 2.05) is 0 Å². The van der Waals surface area contributed by atoms with Gasteiger partial charge < -0.3 is 5.32 Å². The minimum atomic E-state index is -0.125. The maximum absolute atomic E-state index is 11.1. The van der Waals surface area contributed by atoms with Crippen LogP contribution in [0.4, 0.5) is 0 Å². The van der Waals surface area contributed by atoms with Gasteiger partial charge in [-0.15, -0.1) is 0 Å². The fourth-order valence-electron chi connectivity index (χ4n) is 1.02. The summed E-state index contributed by atoms with van der Waals surface area (Å²) in [6, 6.07) is 6.92. The van der Waals surface area contributed by atoms with Crippen molar-refractivity contribution in [1.82, 2.24) is 5.32 Å². The Morgan fingerprint density at radius 2 is 2.14 bits per heavy atom. The number of nitrogens with one attached hydrogen (secondary N) is 1. The van der Waals surface area contributed by atoms with Gasteiger partial charge in [0.15, 0.2) is 0 Å². The van der Waals surface area contributed by atoms with Crippen LogP contribution in [0.25, 0.3) is 10.4 Å². The number of benzene rings is 1. The average Bonchev–Trinajstić information content (AvgIpc) is 2.26. The highest BCUT2D eigenvalue weighted by atomic mass is 16.1. The Morgan fingerprint density at radius 1 is 1.50 bits per heavy atom. The van der Waals surface area contributed by atoms with Crippen molar-refractivity contribution in [3.05, 3.63) is 45.8 Å². The van der Waals surface area contributed by atoms with E-state index in [1.165, 1.54) is 0 Å². The first-order chi connectivity index (χ1) is 6.77. The molecule has 0 atom stereocenters. The lowest BCUT2D eigenvalue weighted by molar-refractivity contribution is 0.0963. The summed E-state index contributed by atoms with van der Waals surface area (Å²) in [4.78, 5) is 13.8. The molecule has 0 bridgehead atoms. The first-order valence-electron chi connectivity index (χ1n) is 4.10. The molecule has 0 unspecified atom stereocenters. The quantitative estimate of drug-likeness (QED) is 0.440. The smallest absolute Gasteiger partial charge is 0.251 e. The molecule has 1 aromatic rings. The Balaban J connectivity index is 2.78. The highest BCUT2D eigenvalue weighted by Crippen LogP contribution is 2.05. The molecule has 1 amide bonds. The molecule has 1 aromatic carbocycles. The van der Waals surface area contributed by atoms with E-state index in [9.17, 15) is 4.79 Å². The zero-order valence-electron chi connectivity index (χ0n) is 7.77. The number of amides is 1. The first-order valence-corrected chi connectivity index (χ1v) is 4.10.